The third-order valence-corrected chi connectivity index (χ3v) is 6.11. The van der Waals surface area contributed by atoms with Crippen LogP contribution in [0.15, 0.2) is 49.3 Å². The van der Waals surface area contributed by atoms with Crippen LogP contribution < -0.4 is 4.57 Å². The third-order valence-electron chi connectivity index (χ3n) is 6.11. The predicted octanol–water partition coefficient (Wildman–Crippen LogP) is 16.4. The number of nitrogens with zero attached hydrogens (tertiary/aromatic N) is 2. The van der Waals surface area contributed by atoms with Crippen LogP contribution in [-0.2, 0) is 334 Å². The Morgan fingerprint density at radius 2 is 0.783 bits per heavy atom. The van der Waals surface area contributed by atoms with E-state index in [1.54, 1.807) is 12.4 Å². The van der Waals surface area contributed by atoms with Gasteiger partial charge in [0, 0.05) is 339 Å². The Balaban J connectivity index is -0.0000000204. The molecule has 0 fully saturated rings. The molecule has 2 aromatic heterocycles. The molecule has 0 bridgehead atoms. The normalized spacial score (nSPS) is 7.38. The molecule has 60 heavy (non-hydrogen) atoms. The molecule has 0 aliphatic heterocycles. The van der Waals surface area contributed by atoms with Crippen molar-refractivity contribution in [1.82, 2.24) is 9.97 Å². The van der Waals surface area contributed by atoms with Gasteiger partial charge in [-0.25, -0.2) is 4.57 Å². The zero-order valence-electron chi connectivity index (χ0n) is 44.5. The van der Waals surface area contributed by atoms with Crippen molar-refractivity contribution in [3.05, 3.63) is 61.5 Å². The van der Waals surface area contributed by atoms with Gasteiger partial charge in [0.05, 0.1) is 7.05 Å². The molecule has 14 heteroatoms. The molecule has 0 saturated carbocycles. The molecule has 2 aromatic rings. The molecule has 336 valence electrons. The molecule has 2 N–H and O–H groups in total. The minimum absolute atomic E-state index is 0. The summed E-state index contributed by atoms with van der Waals surface area (Å²) in [5, 5.41) is 0. The zero-order chi connectivity index (χ0) is 41.0. The van der Waals surface area contributed by atoms with E-state index in [0.29, 0.717) is 6.54 Å². The van der Waals surface area contributed by atoms with Crippen LogP contribution >= 0.6 is 0 Å². The average Bonchev–Trinajstić information content (AvgIpc) is 3.60. The van der Waals surface area contributed by atoms with Gasteiger partial charge in [0.25, 0.3) is 0 Å². The minimum atomic E-state index is 0. The second kappa shape index (κ2) is 127. The number of imidazole rings is 1. The summed E-state index contributed by atoms with van der Waals surface area (Å²) in [6, 6.07) is 5.72. The summed E-state index contributed by atoms with van der Waals surface area (Å²) in [6.07, 6.45) is 24.4. The molecule has 0 aliphatic carbocycles. The number of hydrogen-bond donors (Lipinski definition) is 1. The van der Waals surface area contributed by atoms with Crippen molar-refractivity contribution in [2.45, 2.75) is 203 Å². The first-order valence-electron chi connectivity index (χ1n) is 20.9. The first kappa shape index (κ1) is 123. The molecule has 0 aliphatic rings. The van der Waals surface area contributed by atoms with Gasteiger partial charge in [-0.05, 0) is 41.7 Å². The Morgan fingerprint density at radius 1 is 0.517 bits per heavy atom. The van der Waals surface area contributed by atoms with E-state index in [2.05, 4.69) is 107 Å². The smallest absolute Gasteiger partial charge is 0.241 e. The molecule has 0 spiro atoms. The fraction of sp³-hybridized carbons (Fsp3) is 0.804. The summed E-state index contributed by atoms with van der Waals surface area (Å²) in [5.74, 6) is 4.36. The van der Waals surface area contributed by atoms with Gasteiger partial charge >= 0.3 is 0 Å². The largest absolute Gasteiger partial charge is 0.677 e. The van der Waals surface area contributed by atoms with Gasteiger partial charge in [-0.15, -0.1) is 0 Å². The van der Waals surface area contributed by atoms with Crippen molar-refractivity contribution in [2.24, 2.45) is 36.6 Å². The van der Waals surface area contributed by atoms with Crippen LogP contribution in [0.25, 0.3) is 5.73 Å². The first-order chi connectivity index (χ1) is 23.7. The van der Waals surface area contributed by atoms with Gasteiger partial charge in [0.2, 0.25) is 6.33 Å². The SMILES string of the molecule is CC.CC.CC(C)CCC[NH-].CCC(C)C.CCC(C)C.CCCCC(C)C.CCCCC(C)C.C[CH-]C.C[n+]1cc[nH]c1.[Y].[Y].[Y].[Y].[Y].[Y].[Y].[Y].[Y].[Y].c1ccncc1. The fourth-order valence-electron chi connectivity index (χ4n) is 2.41. The van der Waals surface area contributed by atoms with Crippen molar-refractivity contribution in [1.29, 1.82) is 0 Å². The maximum atomic E-state index is 6.80. The molecule has 0 amide bonds. The van der Waals surface area contributed by atoms with Gasteiger partial charge in [-0.2, -0.15) is 20.4 Å². The minimum Gasteiger partial charge on any atom is -0.677 e. The molecule has 4 nitrogen and oxygen atoms in total. The summed E-state index contributed by atoms with van der Waals surface area (Å²) < 4.78 is 1.94. The zero-order valence-corrected chi connectivity index (χ0v) is 72.9. The van der Waals surface area contributed by atoms with Crippen LogP contribution in [-0.4, -0.2) is 16.5 Å². The molecule has 2 heterocycles. The Morgan fingerprint density at radius 3 is 0.850 bits per heavy atom. The molecule has 10 radical (unpaired) electrons. The molecule has 0 unspecified atom stereocenters. The Kier molecular flexibility index (Phi) is 261. The number of unbranched alkanes of at least 4 members (excludes halogenated alkanes) is 2. The fourth-order valence-corrected chi connectivity index (χ4v) is 2.41. The Labute approximate surface area is 634 Å². The van der Waals surface area contributed by atoms with Crippen LogP contribution in [0, 0.1) is 36.0 Å². The van der Waals surface area contributed by atoms with E-state index in [9.17, 15) is 0 Å². The third kappa shape index (κ3) is 202. The second-order valence-electron chi connectivity index (χ2n) is 13.8. The van der Waals surface area contributed by atoms with Crippen LogP contribution in [0.4, 0.5) is 0 Å². The quantitative estimate of drug-likeness (QED) is 0.177. The summed E-state index contributed by atoms with van der Waals surface area (Å²) >= 11 is 0. The summed E-state index contributed by atoms with van der Waals surface area (Å²) in [6.45, 7) is 43.8. The summed E-state index contributed by atoms with van der Waals surface area (Å²) in [7, 11) is 1.97. The standard InChI is InChI=1S/2C7H16.C6H14N.C5H5N.2C5H12.C4H6N2.C3H7.2C2H6.10Y/c2*1-4-5-6-7(2)3;1-6(2)4-3-5-7;1-2-4-6-5-3-1;2*1-4-5(2)3;1-6-3-2-5-4-6;1-3-2;2*1-2;;;;;;;;;;/h2*7H,4-6H2,1-3H3;6-7H,3-5H2,1-2H3;1-5H;2*5H,4H2,1-3H3;2-4H,1H3;3H,1-2H3;2*1-2H3;;;;;;;;;;/q;;-1;;;;;-1;;;;;;;;;;;;/p+1. The number of aryl methyl sites for hydroxylation is 1. The molecule has 0 saturated heterocycles. The van der Waals surface area contributed by atoms with E-state index in [0.717, 1.165) is 36.0 Å². The summed E-state index contributed by atoms with van der Waals surface area (Å²) in [4.78, 5) is 6.68. The van der Waals surface area contributed by atoms with Gasteiger partial charge in [0.15, 0.2) is 0 Å². The van der Waals surface area contributed by atoms with Crippen LogP contribution in [0.2, 0.25) is 0 Å². The number of pyridine rings is 1. The number of rotatable bonds is 11. The number of aromatic nitrogens is 3. The number of H-pyrrole nitrogens is 1. The first-order valence-corrected chi connectivity index (χ1v) is 20.9. The molecule has 0 atom stereocenters. The Bertz CT molecular complexity index is 626. The number of aromatic amines is 1. The van der Waals surface area contributed by atoms with Crippen LogP contribution in [0.5, 0.6) is 0 Å². The van der Waals surface area contributed by atoms with Crippen molar-refractivity contribution in [3.63, 3.8) is 0 Å². The predicted molar refractivity (Wildman–Crippen MR) is 237 cm³/mol. The maximum absolute atomic E-state index is 6.80. The average molecular weight is 1600 g/mol. The van der Waals surface area contributed by atoms with E-state index in [4.69, 9.17) is 5.73 Å². The van der Waals surface area contributed by atoms with Crippen molar-refractivity contribution >= 4 is 0 Å². The Hall–Kier alpha value is 9.36. The topological polar surface area (TPSA) is 56.4 Å². The van der Waals surface area contributed by atoms with Gasteiger partial charge in [-0.1, -0.05) is 195 Å². The molecule has 2 rings (SSSR count). The molecule has 0 aromatic carbocycles. The van der Waals surface area contributed by atoms with Crippen molar-refractivity contribution in [3.8, 4) is 0 Å². The second-order valence-corrected chi connectivity index (χ2v) is 13.8. The molecular formula is C46H101N4Y10-. The van der Waals surface area contributed by atoms with Gasteiger partial charge in [0.1, 0.15) is 12.4 Å². The van der Waals surface area contributed by atoms with Crippen LogP contribution in [0.1, 0.15) is 203 Å². The monoisotopic (exact) mass is 1600 g/mol. The number of hydrogen-bond acceptors (Lipinski definition) is 1. The van der Waals surface area contributed by atoms with E-state index in [1.807, 2.05) is 96.5 Å². The van der Waals surface area contributed by atoms with Crippen molar-refractivity contribution in [2.75, 3.05) is 6.54 Å². The van der Waals surface area contributed by atoms with E-state index in [-0.39, 0.29) is 327 Å². The van der Waals surface area contributed by atoms with Crippen LogP contribution in [0.3, 0.4) is 0 Å². The van der Waals surface area contributed by atoms with Crippen molar-refractivity contribution < 1.29 is 332 Å². The van der Waals surface area contributed by atoms with E-state index >= 15 is 0 Å². The number of nitrogens with one attached hydrogen (secondary N) is 2. The summed E-state index contributed by atoms with van der Waals surface area (Å²) in [5.41, 5.74) is 6.80. The van der Waals surface area contributed by atoms with Gasteiger partial charge < -0.3 is 12.2 Å². The van der Waals surface area contributed by atoms with E-state index in [1.165, 1.54) is 57.8 Å². The maximum Gasteiger partial charge on any atom is 0.241 e. The molecular weight excluding hydrogens is 1500 g/mol. The van der Waals surface area contributed by atoms with E-state index < -0.39 is 0 Å². The van der Waals surface area contributed by atoms with Gasteiger partial charge in [-0.3, -0.25) is 9.97 Å².